The van der Waals surface area contributed by atoms with Crippen molar-refractivity contribution in [1.82, 2.24) is 0 Å². The van der Waals surface area contributed by atoms with E-state index in [1.165, 1.54) is 31.7 Å². The number of Topliss-reactive ketones (excluding diaryl/α,β-unsaturated/α-hetero) is 1. The molecule has 5 heteroatoms. The second kappa shape index (κ2) is 9.33. The van der Waals surface area contributed by atoms with E-state index in [1.807, 2.05) is 0 Å². The van der Waals surface area contributed by atoms with Gasteiger partial charge in [-0.05, 0) is 18.5 Å². The van der Waals surface area contributed by atoms with Crippen LogP contribution in [-0.4, -0.2) is 38.5 Å². The van der Waals surface area contributed by atoms with Crippen molar-refractivity contribution in [3.05, 3.63) is 0 Å². The lowest BCUT2D eigenvalue weighted by Gasteiger charge is -2.19. The van der Waals surface area contributed by atoms with Crippen LogP contribution in [0, 0.1) is 0 Å². The number of hydrogen-bond donors (Lipinski definition) is 0. The zero-order valence-corrected chi connectivity index (χ0v) is 14.7. The van der Waals surface area contributed by atoms with Gasteiger partial charge in [-0.15, -0.1) is 0 Å². The van der Waals surface area contributed by atoms with Gasteiger partial charge >= 0.3 is 0 Å². The maximum absolute atomic E-state index is 11.8. The molecule has 0 saturated carbocycles. The lowest BCUT2D eigenvalue weighted by molar-refractivity contribution is -0.117. The highest BCUT2D eigenvalue weighted by molar-refractivity contribution is 7.35. The van der Waals surface area contributed by atoms with Crippen molar-refractivity contribution in [1.29, 1.82) is 0 Å². The molecule has 0 aromatic carbocycles. The average Bonchev–Trinajstić information content (AvgIpc) is 2.30. The number of unbranched alkanes of at least 4 members (excludes halogenated alkanes) is 4. The van der Waals surface area contributed by atoms with Crippen molar-refractivity contribution in [3.63, 3.8) is 0 Å². The standard InChI is InChI=1S/C11H26O2Si3/c1-2-3-4-5-6-7-11(12)10-16-9-8-13-14-15-16/h16H,2-10,14-15H2,1H3. The van der Waals surface area contributed by atoms with E-state index in [9.17, 15) is 4.79 Å². The Morgan fingerprint density at radius 1 is 1.31 bits per heavy atom. The van der Waals surface area contributed by atoms with E-state index in [1.54, 1.807) is 0 Å². The fraction of sp³-hybridized carbons (Fsp3) is 0.909. The van der Waals surface area contributed by atoms with Crippen LogP contribution in [0.1, 0.15) is 45.4 Å². The van der Waals surface area contributed by atoms with Crippen molar-refractivity contribution >= 4 is 31.9 Å². The van der Waals surface area contributed by atoms with Crippen LogP contribution >= 0.6 is 0 Å². The molecule has 1 rings (SSSR count). The fourth-order valence-corrected chi connectivity index (χ4v) is 19.5. The van der Waals surface area contributed by atoms with Crippen LogP contribution in [0.2, 0.25) is 12.1 Å². The van der Waals surface area contributed by atoms with Gasteiger partial charge in [0, 0.05) is 29.9 Å². The predicted molar refractivity (Wildman–Crippen MR) is 78.2 cm³/mol. The minimum Gasteiger partial charge on any atom is -0.428 e. The summed E-state index contributed by atoms with van der Waals surface area (Å²) in [5.74, 6) is 0.594. The summed E-state index contributed by atoms with van der Waals surface area (Å²) in [7, 11) is -0.409. The molecular formula is C11H26O2Si3. The Labute approximate surface area is 105 Å². The van der Waals surface area contributed by atoms with Gasteiger partial charge in [-0.3, -0.25) is 0 Å². The number of carbonyl (C=O) groups is 1. The SMILES string of the molecule is CCCCCCCC(=O)C[SiH]1CCO[SiH2][SiH2]1. The van der Waals surface area contributed by atoms with Crippen LogP contribution in [0.3, 0.4) is 0 Å². The molecule has 1 unspecified atom stereocenters. The van der Waals surface area contributed by atoms with Gasteiger partial charge in [-0.25, -0.2) is 0 Å². The van der Waals surface area contributed by atoms with Gasteiger partial charge in [0.2, 0.25) is 0 Å². The fourth-order valence-electron chi connectivity index (χ4n) is 2.30. The molecule has 1 fully saturated rings. The lowest BCUT2D eigenvalue weighted by atomic mass is 10.1. The molecule has 1 saturated heterocycles. The number of ketones is 1. The largest absolute Gasteiger partial charge is 0.428 e. The molecule has 2 nitrogen and oxygen atoms in total. The predicted octanol–water partition coefficient (Wildman–Crippen LogP) is 0.838. The van der Waals surface area contributed by atoms with Crippen molar-refractivity contribution in [3.8, 4) is 0 Å². The van der Waals surface area contributed by atoms with E-state index in [2.05, 4.69) is 6.92 Å². The second-order valence-electron chi connectivity index (χ2n) is 4.96. The third-order valence-electron chi connectivity index (χ3n) is 3.42. The maximum atomic E-state index is 11.8. The van der Waals surface area contributed by atoms with Gasteiger partial charge in [0.1, 0.15) is 15.1 Å². The van der Waals surface area contributed by atoms with E-state index >= 15 is 0 Å². The Bertz CT molecular complexity index is 194. The van der Waals surface area contributed by atoms with E-state index in [-0.39, 0.29) is 17.8 Å². The van der Waals surface area contributed by atoms with Crippen LogP contribution in [0.5, 0.6) is 0 Å². The highest BCUT2D eigenvalue weighted by Crippen LogP contribution is 2.10. The summed E-state index contributed by atoms with van der Waals surface area (Å²) < 4.78 is 5.53. The molecule has 0 N–H and O–H groups in total. The quantitative estimate of drug-likeness (QED) is 0.484. The Kier molecular flexibility index (Phi) is 8.36. The Morgan fingerprint density at radius 2 is 2.12 bits per heavy atom. The van der Waals surface area contributed by atoms with Crippen molar-refractivity contribution in [2.75, 3.05) is 6.61 Å². The summed E-state index contributed by atoms with van der Waals surface area (Å²) in [6.45, 7) is 3.25. The molecule has 0 spiro atoms. The Balaban J connectivity index is 1.97. The van der Waals surface area contributed by atoms with E-state index < -0.39 is 8.31 Å². The summed E-state index contributed by atoms with van der Waals surface area (Å²) in [5, 5.41) is 0. The summed E-state index contributed by atoms with van der Waals surface area (Å²) in [6.07, 6.45) is 7.24. The summed E-state index contributed by atoms with van der Waals surface area (Å²) in [4.78, 5) is 11.8. The normalized spacial score (nSPS) is 23.9. The molecule has 0 aliphatic carbocycles. The Hall–Kier alpha value is 0.281. The van der Waals surface area contributed by atoms with Crippen LogP contribution < -0.4 is 0 Å². The van der Waals surface area contributed by atoms with Gasteiger partial charge in [0.05, 0.1) is 0 Å². The number of rotatable bonds is 8. The molecule has 1 heterocycles. The molecule has 1 atom stereocenters. The first-order valence-corrected chi connectivity index (χ1v) is 16.4. The highest BCUT2D eigenvalue weighted by Gasteiger charge is 2.19. The minimum absolute atomic E-state index is 0.0640. The number of hydrogen-bond acceptors (Lipinski definition) is 2. The molecule has 16 heavy (non-hydrogen) atoms. The zero-order valence-electron chi connectivity index (χ0n) is 10.7. The molecule has 0 bridgehead atoms. The third kappa shape index (κ3) is 6.78. The van der Waals surface area contributed by atoms with E-state index in [0.717, 1.165) is 25.5 Å². The van der Waals surface area contributed by atoms with E-state index in [4.69, 9.17) is 4.43 Å². The summed E-state index contributed by atoms with van der Waals surface area (Å²) in [5.41, 5.74) is 0. The molecule has 94 valence electrons. The Morgan fingerprint density at radius 3 is 2.81 bits per heavy atom. The first kappa shape index (κ1) is 14.3. The monoisotopic (exact) mass is 274 g/mol. The molecule has 0 aromatic heterocycles. The topological polar surface area (TPSA) is 26.3 Å². The molecule has 1 aliphatic rings. The van der Waals surface area contributed by atoms with Crippen molar-refractivity contribution < 1.29 is 9.22 Å². The number of carbonyl (C=O) groups excluding carboxylic acids is 1. The van der Waals surface area contributed by atoms with Gasteiger partial charge in [-0.2, -0.15) is 0 Å². The first-order chi connectivity index (χ1) is 7.83. The molecule has 0 aromatic rings. The zero-order chi connectivity index (χ0) is 11.6. The van der Waals surface area contributed by atoms with Gasteiger partial charge in [0.25, 0.3) is 0 Å². The van der Waals surface area contributed by atoms with Crippen LogP contribution in [-0.2, 0) is 9.22 Å². The third-order valence-corrected chi connectivity index (χ3v) is 22.7. The van der Waals surface area contributed by atoms with Crippen LogP contribution in [0.15, 0.2) is 0 Å². The van der Waals surface area contributed by atoms with Gasteiger partial charge in [0.15, 0.2) is 0 Å². The molecule has 1 aliphatic heterocycles. The van der Waals surface area contributed by atoms with Crippen LogP contribution in [0.4, 0.5) is 0 Å². The summed E-state index contributed by atoms with van der Waals surface area (Å²) in [6, 6.07) is 2.36. The minimum atomic E-state index is -0.523. The maximum Gasteiger partial charge on any atom is 0.140 e. The molecule has 0 amide bonds. The molecule has 0 radical (unpaired) electrons. The van der Waals surface area contributed by atoms with Crippen LogP contribution in [0.25, 0.3) is 0 Å². The first-order valence-electron chi connectivity index (χ1n) is 6.92. The summed E-state index contributed by atoms with van der Waals surface area (Å²) >= 11 is 0. The average molecular weight is 275 g/mol. The van der Waals surface area contributed by atoms with E-state index in [0.29, 0.717) is 5.78 Å². The van der Waals surface area contributed by atoms with Gasteiger partial charge in [-0.1, -0.05) is 32.6 Å². The van der Waals surface area contributed by atoms with Crippen molar-refractivity contribution in [2.45, 2.75) is 57.5 Å². The second-order valence-corrected chi connectivity index (χ2v) is 20.7. The lowest BCUT2D eigenvalue weighted by Crippen LogP contribution is -2.36. The van der Waals surface area contributed by atoms with Crippen molar-refractivity contribution in [2.24, 2.45) is 0 Å². The van der Waals surface area contributed by atoms with Gasteiger partial charge < -0.3 is 9.22 Å². The highest BCUT2D eigenvalue weighted by atomic mass is 29.5. The molecular weight excluding hydrogens is 248 g/mol. The smallest absolute Gasteiger partial charge is 0.140 e.